The number of carbonyl (C=O) groups is 1. The number of carbonyl (C=O) groups excluding carboxylic acids is 1. The fourth-order valence-electron chi connectivity index (χ4n) is 2.20. The van der Waals surface area contributed by atoms with Crippen molar-refractivity contribution in [1.29, 1.82) is 0 Å². The number of aliphatic hydroxyl groups is 1. The van der Waals surface area contributed by atoms with Gasteiger partial charge in [0.2, 0.25) is 5.91 Å². The molecule has 2 N–H and O–H groups in total. The van der Waals surface area contributed by atoms with Crippen LogP contribution >= 0.6 is 0 Å². The zero-order chi connectivity index (χ0) is 12.4. The molecule has 2 unspecified atom stereocenters. The lowest BCUT2D eigenvalue weighted by molar-refractivity contribution is -0.124. The average Bonchev–Trinajstić information content (AvgIpc) is 2.27. The average molecular weight is 233 g/mol. The molecule has 1 aromatic carbocycles. The Morgan fingerprint density at radius 1 is 1.47 bits per heavy atom. The van der Waals surface area contributed by atoms with E-state index in [2.05, 4.69) is 11.4 Å². The van der Waals surface area contributed by atoms with Gasteiger partial charge in [-0.15, -0.1) is 0 Å². The van der Waals surface area contributed by atoms with Crippen molar-refractivity contribution in [2.24, 2.45) is 5.92 Å². The molecule has 2 atom stereocenters. The summed E-state index contributed by atoms with van der Waals surface area (Å²) in [5.41, 5.74) is 2.39. The Hall–Kier alpha value is -1.35. The number of amides is 1. The predicted molar refractivity (Wildman–Crippen MR) is 66.7 cm³/mol. The summed E-state index contributed by atoms with van der Waals surface area (Å²) in [5.74, 6) is 0.259. The first-order valence-electron chi connectivity index (χ1n) is 6.12. The minimum absolute atomic E-state index is 0.00221. The first-order chi connectivity index (χ1) is 8.13. The van der Waals surface area contributed by atoms with E-state index in [1.54, 1.807) is 0 Å². The molecular formula is C14H19NO2. The monoisotopic (exact) mass is 233 g/mol. The normalized spacial score (nSPS) is 19.4. The number of hydrogen-bond donors (Lipinski definition) is 2. The van der Waals surface area contributed by atoms with E-state index in [4.69, 9.17) is 0 Å². The van der Waals surface area contributed by atoms with E-state index in [1.165, 1.54) is 5.56 Å². The van der Waals surface area contributed by atoms with Gasteiger partial charge in [0, 0.05) is 0 Å². The van der Waals surface area contributed by atoms with Crippen LogP contribution in [0, 0.1) is 5.92 Å². The van der Waals surface area contributed by atoms with Crippen molar-refractivity contribution < 1.29 is 9.90 Å². The summed E-state index contributed by atoms with van der Waals surface area (Å²) in [7, 11) is 0. The molecule has 0 heterocycles. The molecule has 1 aliphatic carbocycles. The van der Waals surface area contributed by atoms with Crippen molar-refractivity contribution in [3.63, 3.8) is 0 Å². The topological polar surface area (TPSA) is 49.3 Å². The maximum Gasteiger partial charge on any atom is 0.228 e. The summed E-state index contributed by atoms with van der Waals surface area (Å²) in [6.45, 7) is 3.99. The molecule has 3 nitrogen and oxygen atoms in total. The van der Waals surface area contributed by atoms with Crippen molar-refractivity contribution in [3.8, 4) is 0 Å². The minimum Gasteiger partial charge on any atom is -0.394 e. The van der Waals surface area contributed by atoms with Crippen LogP contribution in [-0.2, 0) is 11.2 Å². The highest BCUT2D eigenvalue weighted by molar-refractivity contribution is 5.87. The van der Waals surface area contributed by atoms with Crippen LogP contribution in [0.1, 0.15) is 30.9 Å². The van der Waals surface area contributed by atoms with Crippen LogP contribution in [0.25, 0.3) is 0 Å². The van der Waals surface area contributed by atoms with Crippen LogP contribution in [0.15, 0.2) is 24.3 Å². The Kier molecular flexibility index (Phi) is 3.48. The van der Waals surface area contributed by atoms with Crippen LogP contribution in [0.4, 0.5) is 0 Å². The van der Waals surface area contributed by atoms with Crippen LogP contribution in [0.3, 0.4) is 0 Å². The molecule has 0 fully saturated rings. The SMILES string of the molecule is CC(C)C(CO)NC(=O)C1Cc2ccccc21. The Labute approximate surface area is 102 Å². The number of rotatable bonds is 4. The van der Waals surface area contributed by atoms with E-state index in [0.29, 0.717) is 0 Å². The second kappa shape index (κ2) is 4.88. The molecule has 0 bridgehead atoms. The first kappa shape index (κ1) is 12.1. The molecule has 1 aliphatic rings. The maximum atomic E-state index is 12.0. The van der Waals surface area contributed by atoms with Crippen molar-refractivity contribution in [1.82, 2.24) is 5.32 Å². The molecule has 0 saturated heterocycles. The van der Waals surface area contributed by atoms with Gasteiger partial charge in [-0.3, -0.25) is 4.79 Å². The smallest absolute Gasteiger partial charge is 0.228 e. The number of aliphatic hydroxyl groups excluding tert-OH is 1. The van der Waals surface area contributed by atoms with Gasteiger partial charge in [-0.1, -0.05) is 38.1 Å². The third-order valence-electron chi connectivity index (χ3n) is 3.50. The molecule has 0 radical (unpaired) electrons. The Bertz CT molecular complexity index is 414. The lowest BCUT2D eigenvalue weighted by Gasteiger charge is -2.31. The molecule has 92 valence electrons. The van der Waals surface area contributed by atoms with Crippen molar-refractivity contribution >= 4 is 5.91 Å². The van der Waals surface area contributed by atoms with Crippen LogP contribution < -0.4 is 5.32 Å². The van der Waals surface area contributed by atoms with Gasteiger partial charge in [0.15, 0.2) is 0 Å². The number of nitrogens with one attached hydrogen (secondary N) is 1. The summed E-state index contributed by atoms with van der Waals surface area (Å²) < 4.78 is 0. The summed E-state index contributed by atoms with van der Waals surface area (Å²) in [4.78, 5) is 12.0. The Morgan fingerprint density at radius 2 is 2.18 bits per heavy atom. The number of benzene rings is 1. The second-order valence-corrected chi connectivity index (χ2v) is 5.00. The highest BCUT2D eigenvalue weighted by Crippen LogP contribution is 2.34. The molecule has 1 amide bonds. The van der Waals surface area contributed by atoms with E-state index < -0.39 is 0 Å². The van der Waals surface area contributed by atoms with E-state index in [9.17, 15) is 9.90 Å². The molecule has 0 aliphatic heterocycles. The largest absolute Gasteiger partial charge is 0.394 e. The summed E-state index contributed by atoms with van der Waals surface area (Å²) in [5, 5.41) is 12.1. The lowest BCUT2D eigenvalue weighted by atomic mass is 9.77. The Balaban J connectivity index is 2.00. The standard InChI is InChI=1S/C14H19NO2/c1-9(2)13(8-16)15-14(17)12-7-10-5-3-4-6-11(10)12/h3-6,9,12-13,16H,7-8H2,1-2H3,(H,15,17). The van der Waals surface area contributed by atoms with Gasteiger partial charge in [-0.05, 0) is 23.5 Å². The van der Waals surface area contributed by atoms with E-state index in [-0.39, 0.29) is 30.4 Å². The third kappa shape index (κ3) is 2.34. The minimum atomic E-state index is -0.143. The molecule has 0 saturated carbocycles. The van der Waals surface area contributed by atoms with Gasteiger partial charge in [0.25, 0.3) is 0 Å². The molecule has 1 aromatic rings. The van der Waals surface area contributed by atoms with Gasteiger partial charge in [0.1, 0.15) is 0 Å². The molecule has 17 heavy (non-hydrogen) atoms. The van der Waals surface area contributed by atoms with Crippen molar-refractivity contribution in [2.45, 2.75) is 32.2 Å². The van der Waals surface area contributed by atoms with E-state index in [0.717, 1.165) is 12.0 Å². The van der Waals surface area contributed by atoms with Crippen molar-refractivity contribution in [3.05, 3.63) is 35.4 Å². The molecular weight excluding hydrogens is 214 g/mol. The quantitative estimate of drug-likeness (QED) is 0.827. The van der Waals surface area contributed by atoms with E-state index >= 15 is 0 Å². The molecule has 2 rings (SSSR count). The zero-order valence-electron chi connectivity index (χ0n) is 10.3. The lowest BCUT2D eigenvalue weighted by Crippen LogP contribution is -2.45. The first-order valence-corrected chi connectivity index (χ1v) is 6.12. The van der Waals surface area contributed by atoms with E-state index in [1.807, 2.05) is 32.0 Å². The summed E-state index contributed by atoms with van der Waals surface area (Å²) >= 11 is 0. The van der Waals surface area contributed by atoms with Crippen LogP contribution in [-0.4, -0.2) is 23.7 Å². The number of fused-ring (bicyclic) bond motifs is 1. The van der Waals surface area contributed by atoms with Crippen LogP contribution in [0.5, 0.6) is 0 Å². The molecule has 0 aromatic heterocycles. The maximum absolute atomic E-state index is 12.0. The van der Waals surface area contributed by atoms with Crippen molar-refractivity contribution in [2.75, 3.05) is 6.61 Å². The van der Waals surface area contributed by atoms with Gasteiger partial charge in [0.05, 0.1) is 18.6 Å². The van der Waals surface area contributed by atoms with Crippen LogP contribution in [0.2, 0.25) is 0 Å². The second-order valence-electron chi connectivity index (χ2n) is 5.00. The fraction of sp³-hybridized carbons (Fsp3) is 0.500. The summed E-state index contributed by atoms with van der Waals surface area (Å²) in [6.07, 6.45) is 0.818. The van der Waals surface area contributed by atoms with Gasteiger partial charge < -0.3 is 10.4 Å². The molecule has 0 spiro atoms. The zero-order valence-corrected chi connectivity index (χ0v) is 10.3. The fourth-order valence-corrected chi connectivity index (χ4v) is 2.20. The highest BCUT2D eigenvalue weighted by Gasteiger charge is 2.32. The highest BCUT2D eigenvalue weighted by atomic mass is 16.3. The molecule has 3 heteroatoms. The summed E-state index contributed by atoms with van der Waals surface area (Å²) in [6, 6.07) is 7.88. The van der Waals surface area contributed by atoms with Gasteiger partial charge in [-0.2, -0.15) is 0 Å². The van der Waals surface area contributed by atoms with Gasteiger partial charge in [-0.25, -0.2) is 0 Å². The van der Waals surface area contributed by atoms with Gasteiger partial charge >= 0.3 is 0 Å². The third-order valence-corrected chi connectivity index (χ3v) is 3.50. The number of hydrogen-bond acceptors (Lipinski definition) is 2. The predicted octanol–water partition coefficient (Wildman–Crippen LogP) is 1.46. The Morgan fingerprint density at radius 3 is 2.76 bits per heavy atom.